The van der Waals surface area contributed by atoms with Crippen molar-refractivity contribution >= 4 is 29.1 Å². The lowest BCUT2D eigenvalue weighted by atomic mass is 10.0. The number of carbonyl (C=O) groups excluding carboxylic acids is 2. The van der Waals surface area contributed by atoms with Crippen molar-refractivity contribution in [2.24, 2.45) is 5.92 Å². The zero-order valence-electron chi connectivity index (χ0n) is 13.4. The van der Waals surface area contributed by atoms with Crippen molar-refractivity contribution in [2.75, 3.05) is 13.2 Å². The summed E-state index contributed by atoms with van der Waals surface area (Å²) in [5.74, 6) is -1.14. The molecule has 0 fully saturated rings. The highest BCUT2D eigenvalue weighted by Gasteiger charge is 2.25. The summed E-state index contributed by atoms with van der Waals surface area (Å²) >= 11 is 5.92. The van der Waals surface area contributed by atoms with E-state index in [1.807, 2.05) is 0 Å². The number of non-ortho nitro benzene ring substituents is 1. The summed E-state index contributed by atoms with van der Waals surface area (Å²) in [6, 6.07) is 2.72. The fourth-order valence-corrected chi connectivity index (χ4v) is 2.22. The Balaban J connectivity index is 2.85. The van der Waals surface area contributed by atoms with Gasteiger partial charge in [-0.05, 0) is 18.4 Å². The smallest absolute Gasteiger partial charge is 0.270 e. The van der Waals surface area contributed by atoms with Crippen molar-refractivity contribution in [3.8, 4) is 0 Å². The fraction of sp³-hybridized carbons (Fsp3) is 0.467. The summed E-state index contributed by atoms with van der Waals surface area (Å²) in [4.78, 5) is 34.5. The Morgan fingerprint density at radius 3 is 2.54 bits per heavy atom. The molecule has 9 heteroatoms. The van der Waals surface area contributed by atoms with Crippen molar-refractivity contribution in [3.05, 3.63) is 38.9 Å². The van der Waals surface area contributed by atoms with Gasteiger partial charge in [0.2, 0.25) is 5.91 Å². The van der Waals surface area contributed by atoms with E-state index in [1.165, 1.54) is 12.1 Å². The van der Waals surface area contributed by atoms with Gasteiger partial charge < -0.3 is 15.7 Å². The average molecular weight is 358 g/mol. The van der Waals surface area contributed by atoms with E-state index in [0.717, 1.165) is 6.07 Å². The highest BCUT2D eigenvalue weighted by Crippen LogP contribution is 2.22. The Bertz CT molecular complexity index is 621. The van der Waals surface area contributed by atoms with Crippen LogP contribution < -0.4 is 10.6 Å². The Morgan fingerprint density at radius 1 is 1.38 bits per heavy atom. The first-order valence-corrected chi connectivity index (χ1v) is 7.79. The number of nitrogens with zero attached hydrogens (tertiary/aromatic N) is 1. The van der Waals surface area contributed by atoms with Gasteiger partial charge in [-0.1, -0.05) is 25.4 Å². The molecule has 24 heavy (non-hydrogen) atoms. The molecule has 3 N–H and O–H groups in total. The molecule has 132 valence electrons. The number of nitro benzene ring substituents is 1. The molecule has 2 amide bonds. The van der Waals surface area contributed by atoms with Gasteiger partial charge in [-0.2, -0.15) is 0 Å². The lowest BCUT2D eigenvalue weighted by Crippen LogP contribution is -2.50. The van der Waals surface area contributed by atoms with Gasteiger partial charge in [0.1, 0.15) is 6.04 Å². The van der Waals surface area contributed by atoms with Gasteiger partial charge in [-0.3, -0.25) is 19.7 Å². The van der Waals surface area contributed by atoms with E-state index in [1.54, 1.807) is 13.8 Å². The average Bonchev–Trinajstić information content (AvgIpc) is 2.51. The monoisotopic (exact) mass is 357 g/mol. The molecule has 0 radical (unpaired) electrons. The van der Waals surface area contributed by atoms with Crippen LogP contribution in [0.15, 0.2) is 18.2 Å². The van der Waals surface area contributed by atoms with Gasteiger partial charge >= 0.3 is 0 Å². The molecule has 0 saturated heterocycles. The molecule has 1 atom stereocenters. The summed E-state index contributed by atoms with van der Waals surface area (Å²) in [7, 11) is 0. The van der Waals surface area contributed by atoms with E-state index in [0.29, 0.717) is 13.0 Å². The second kappa shape index (κ2) is 9.19. The van der Waals surface area contributed by atoms with E-state index in [4.69, 9.17) is 16.7 Å². The van der Waals surface area contributed by atoms with Crippen LogP contribution in [0.4, 0.5) is 5.69 Å². The zero-order chi connectivity index (χ0) is 18.3. The van der Waals surface area contributed by atoms with E-state index in [2.05, 4.69) is 10.6 Å². The van der Waals surface area contributed by atoms with Crippen LogP contribution in [0.3, 0.4) is 0 Å². The number of nitrogens with one attached hydrogen (secondary N) is 2. The van der Waals surface area contributed by atoms with Crippen LogP contribution in [0, 0.1) is 16.0 Å². The van der Waals surface area contributed by atoms with Gasteiger partial charge in [0.25, 0.3) is 11.6 Å². The van der Waals surface area contributed by atoms with Crippen molar-refractivity contribution < 1.29 is 19.6 Å². The molecule has 0 aromatic heterocycles. The van der Waals surface area contributed by atoms with E-state index >= 15 is 0 Å². The Kier molecular flexibility index (Phi) is 7.60. The maximum absolute atomic E-state index is 12.3. The van der Waals surface area contributed by atoms with Crippen molar-refractivity contribution in [2.45, 2.75) is 26.3 Å². The highest BCUT2D eigenvalue weighted by atomic mass is 35.5. The van der Waals surface area contributed by atoms with Crippen molar-refractivity contribution in [1.29, 1.82) is 0 Å². The van der Waals surface area contributed by atoms with Crippen LogP contribution >= 0.6 is 11.6 Å². The molecule has 0 aliphatic carbocycles. The summed E-state index contributed by atoms with van der Waals surface area (Å²) < 4.78 is 0. The van der Waals surface area contributed by atoms with Crippen LogP contribution in [0.25, 0.3) is 0 Å². The minimum absolute atomic E-state index is 0.0443. The first-order chi connectivity index (χ1) is 11.3. The summed E-state index contributed by atoms with van der Waals surface area (Å²) in [5, 5.41) is 24.6. The summed E-state index contributed by atoms with van der Waals surface area (Å²) in [6.45, 7) is 3.80. The predicted octanol–water partition coefficient (Wildman–Crippen LogP) is 1.50. The lowest BCUT2D eigenvalue weighted by Gasteiger charge is -2.22. The Hall–Kier alpha value is -2.19. The van der Waals surface area contributed by atoms with Gasteiger partial charge in [-0.25, -0.2) is 0 Å². The van der Waals surface area contributed by atoms with Crippen LogP contribution in [0.5, 0.6) is 0 Å². The Labute approximate surface area is 144 Å². The third kappa shape index (κ3) is 5.47. The third-order valence-corrected chi connectivity index (χ3v) is 3.59. The van der Waals surface area contributed by atoms with Gasteiger partial charge in [0, 0.05) is 25.3 Å². The number of aliphatic hydroxyl groups excluding tert-OH is 1. The topological polar surface area (TPSA) is 122 Å². The van der Waals surface area contributed by atoms with E-state index < -0.39 is 16.9 Å². The molecular weight excluding hydrogens is 338 g/mol. The second-order valence-corrected chi connectivity index (χ2v) is 5.89. The molecule has 0 aliphatic heterocycles. The number of amides is 2. The number of aliphatic hydroxyl groups is 1. The minimum Gasteiger partial charge on any atom is -0.396 e. The number of nitro groups is 1. The lowest BCUT2D eigenvalue weighted by molar-refractivity contribution is -0.384. The molecule has 0 spiro atoms. The third-order valence-electron chi connectivity index (χ3n) is 3.28. The SMILES string of the molecule is CC(C)C(NC(=O)c1ccc([N+](=O)[O-])cc1Cl)C(=O)NCCCO. The van der Waals surface area contributed by atoms with Crippen molar-refractivity contribution in [1.82, 2.24) is 10.6 Å². The molecular formula is C15H20ClN3O5. The van der Waals surface area contributed by atoms with E-state index in [9.17, 15) is 19.7 Å². The highest BCUT2D eigenvalue weighted by molar-refractivity contribution is 6.34. The van der Waals surface area contributed by atoms with Crippen LogP contribution in [-0.2, 0) is 4.79 Å². The molecule has 0 aliphatic rings. The molecule has 1 aromatic carbocycles. The molecule has 0 heterocycles. The van der Waals surface area contributed by atoms with Crippen LogP contribution in [0.2, 0.25) is 5.02 Å². The Morgan fingerprint density at radius 2 is 2.04 bits per heavy atom. The first-order valence-electron chi connectivity index (χ1n) is 7.41. The summed E-state index contributed by atoms with van der Waals surface area (Å²) in [5.41, 5.74) is -0.171. The number of rotatable bonds is 8. The van der Waals surface area contributed by atoms with Gasteiger partial charge in [-0.15, -0.1) is 0 Å². The van der Waals surface area contributed by atoms with Crippen LogP contribution in [-0.4, -0.2) is 41.0 Å². The summed E-state index contributed by atoms with van der Waals surface area (Å²) in [6.07, 6.45) is 0.415. The van der Waals surface area contributed by atoms with Crippen LogP contribution in [0.1, 0.15) is 30.6 Å². The largest absolute Gasteiger partial charge is 0.396 e. The number of hydrogen-bond acceptors (Lipinski definition) is 5. The molecule has 8 nitrogen and oxygen atoms in total. The van der Waals surface area contributed by atoms with Gasteiger partial charge in [0.05, 0.1) is 15.5 Å². The maximum Gasteiger partial charge on any atom is 0.270 e. The normalized spacial score (nSPS) is 11.9. The first kappa shape index (κ1) is 19.9. The molecule has 0 bridgehead atoms. The number of hydrogen-bond donors (Lipinski definition) is 3. The predicted molar refractivity (Wildman–Crippen MR) is 88.9 cm³/mol. The second-order valence-electron chi connectivity index (χ2n) is 5.48. The van der Waals surface area contributed by atoms with Gasteiger partial charge in [0.15, 0.2) is 0 Å². The zero-order valence-corrected chi connectivity index (χ0v) is 14.2. The maximum atomic E-state index is 12.3. The molecule has 1 rings (SSSR count). The standard InChI is InChI=1S/C15H20ClN3O5/c1-9(2)13(15(22)17-6-3-7-20)18-14(21)11-5-4-10(19(23)24)8-12(11)16/h4-5,8-9,13,20H,3,6-7H2,1-2H3,(H,17,22)(H,18,21). The van der Waals surface area contributed by atoms with E-state index in [-0.39, 0.29) is 34.7 Å². The number of benzene rings is 1. The molecule has 0 saturated carbocycles. The number of carbonyl (C=O) groups is 2. The minimum atomic E-state index is -0.789. The molecule has 1 unspecified atom stereocenters. The number of halogens is 1. The fourth-order valence-electron chi connectivity index (χ4n) is 1.96. The molecule has 1 aromatic rings. The quantitative estimate of drug-likeness (QED) is 0.370. The van der Waals surface area contributed by atoms with Crippen molar-refractivity contribution in [3.63, 3.8) is 0 Å².